The van der Waals surface area contributed by atoms with Gasteiger partial charge in [-0.1, -0.05) is 0 Å². The molecule has 0 unspecified atom stereocenters. The SMILES string of the molecule is [Fe].[Fe].[H-].[H-].[Mg+2].[Mn]. The Bertz CT molecular complexity index is 11.5. The predicted octanol–water partition coefficient (Wildman–Crippen LogP) is -0.163. The van der Waals surface area contributed by atoms with Crippen LogP contribution in [0.4, 0.5) is 0 Å². The Morgan fingerprint density at radius 1 is 1.00 bits per heavy atom. The Hall–Kier alpha value is 2.32. The summed E-state index contributed by atoms with van der Waals surface area (Å²) in [5, 5.41) is 0. The maximum atomic E-state index is 0. The van der Waals surface area contributed by atoms with Gasteiger partial charge in [0, 0.05) is 51.2 Å². The van der Waals surface area contributed by atoms with Crippen molar-refractivity contribution >= 4 is 23.1 Å². The van der Waals surface area contributed by atoms with Crippen molar-refractivity contribution in [1.82, 2.24) is 0 Å². The molecule has 0 aliphatic carbocycles. The summed E-state index contributed by atoms with van der Waals surface area (Å²) < 4.78 is 0. The molecule has 0 aromatic carbocycles. The molecule has 0 N–H and O–H groups in total. The molecule has 0 spiro atoms. The Kier molecular flexibility index (Phi) is 153. The molecule has 0 aromatic rings. The maximum Gasteiger partial charge on any atom is 2.00 e. The molecule has 0 aliphatic rings. The van der Waals surface area contributed by atoms with E-state index in [0.29, 0.717) is 0 Å². The van der Waals surface area contributed by atoms with Crippen molar-refractivity contribution in [3.05, 3.63) is 0 Å². The maximum absolute atomic E-state index is 0. The topological polar surface area (TPSA) is 0 Å². The quantitative estimate of drug-likeness (QED) is 0.469. The van der Waals surface area contributed by atoms with E-state index < -0.39 is 0 Å². The summed E-state index contributed by atoms with van der Waals surface area (Å²) in [5.41, 5.74) is 0. The Morgan fingerprint density at radius 3 is 1.00 bits per heavy atom. The van der Waals surface area contributed by atoms with Crippen LogP contribution in [0.3, 0.4) is 0 Å². The van der Waals surface area contributed by atoms with Crippen molar-refractivity contribution in [2.24, 2.45) is 0 Å². The van der Waals surface area contributed by atoms with E-state index in [1.807, 2.05) is 0 Å². The van der Waals surface area contributed by atoms with Crippen molar-refractivity contribution in [2.75, 3.05) is 0 Å². The molecule has 0 atom stereocenters. The van der Waals surface area contributed by atoms with Gasteiger partial charge in [-0.05, 0) is 0 Å². The van der Waals surface area contributed by atoms with Gasteiger partial charge in [-0.15, -0.1) is 0 Å². The fourth-order valence-corrected chi connectivity index (χ4v) is 0. The van der Waals surface area contributed by atoms with Crippen LogP contribution >= 0.6 is 0 Å². The Labute approximate surface area is 76.4 Å². The average molecular weight is 193 g/mol. The zero-order valence-electron chi connectivity index (χ0n) is 3.79. The molecule has 0 heterocycles. The van der Waals surface area contributed by atoms with Gasteiger partial charge in [0.2, 0.25) is 0 Å². The normalized spacial score (nSPS) is 0. The van der Waals surface area contributed by atoms with Crippen molar-refractivity contribution < 1.29 is 54.1 Å². The molecular weight excluding hydrogens is 191 g/mol. The minimum absolute atomic E-state index is 0. The van der Waals surface area contributed by atoms with Gasteiger partial charge in [-0.2, -0.15) is 0 Å². The van der Waals surface area contributed by atoms with E-state index >= 15 is 0 Å². The number of hydrogen-bond donors (Lipinski definition) is 0. The second-order valence-electron chi connectivity index (χ2n) is 0. The molecule has 0 amide bonds. The molecule has 0 nitrogen and oxygen atoms in total. The third-order valence-corrected chi connectivity index (χ3v) is 0. The summed E-state index contributed by atoms with van der Waals surface area (Å²) >= 11 is 0. The first-order valence-electron chi connectivity index (χ1n) is 0. The first-order chi connectivity index (χ1) is 0. The van der Waals surface area contributed by atoms with Gasteiger partial charge in [-0.25, -0.2) is 0 Å². The van der Waals surface area contributed by atoms with Crippen molar-refractivity contribution in [2.45, 2.75) is 0 Å². The van der Waals surface area contributed by atoms with Crippen LogP contribution in [0.1, 0.15) is 2.85 Å². The van der Waals surface area contributed by atoms with Gasteiger partial charge in [0.05, 0.1) is 0 Å². The largest absolute Gasteiger partial charge is 2.00 e. The molecule has 0 aromatic heterocycles. The summed E-state index contributed by atoms with van der Waals surface area (Å²) in [6, 6.07) is 0. The zero-order valence-corrected chi connectivity index (χ0v) is 6.60. The molecule has 0 saturated carbocycles. The number of hydrogen-bond acceptors (Lipinski definition) is 0. The van der Waals surface area contributed by atoms with Crippen molar-refractivity contribution in [3.63, 3.8) is 0 Å². The number of rotatable bonds is 0. The molecule has 0 rings (SSSR count). The Morgan fingerprint density at radius 2 is 1.00 bits per heavy atom. The van der Waals surface area contributed by atoms with E-state index in [9.17, 15) is 0 Å². The second-order valence-corrected chi connectivity index (χ2v) is 0. The van der Waals surface area contributed by atoms with Crippen LogP contribution in [0, 0.1) is 0 Å². The third kappa shape index (κ3) is 8.85. The molecular formula is H2Fe2MgMn. The van der Waals surface area contributed by atoms with Crippen LogP contribution in [0.2, 0.25) is 0 Å². The van der Waals surface area contributed by atoms with E-state index in [0.717, 1.165) is 0 Å². The zero-order chi connectivity index (χ0) is 0. The van der Waals surface area contributed by atoms with Gasteiger partial charge in [0.15, 0.2) is 0 Å². The van der Waals surface area contributed by atoms with E-state index in [-0.39, 0.29) is 77.1 Å². The van der Waals surface area contributed by atoms with Crippen LogP contribution in [-0.2, 0) is 51.2 Å². The molecule has 4 heteroatoms. The van der Waals surface area contributed by atoms with Crippen LogP contribution < -0.4 is 0 Å². The summed E-state index contributed by atoms with van der Waals surface area (Å²) in [4.78, 5) is 0. The van der Waals surface area contributed by atoms with Gasteiger partial charge in [0.25, 0.3) is 0 Å². The van der Waals surface area contributed by atoms with Gasteiger partial charge < -0.3 is 2.85 Å². The first-order valence-corrected chi connectivity index (χ1v) is 0. The fraction of sp³-hybridized carbons (Fsp3) is 0. The standard InChI is InChI=1S/2Fe.Mg.Mn.2H/q;;+2;;2*-1. The second kappa shape index (κ2) is 18.4. The fourth-order valence-electron chi connectivity index (χ4n) is 0. The average Bonchev–Trinajstić information content (AvgIpc) is 0. The summed E-state index contributed by atoms with van der Waals surface area (Å²) in [5.74, 6) is 0. The Balaban J connectivity index is 0. The van der Waals surface area contributed by atoms with E-state index in [2.05, 4.69) is 0 Å². The van der Waals surface area contributed by atoms with Crippen LogP contribution in [-0.4, -0.2) is 23.1 Å². The smallest absolute Gasteiger partial charge is 1.00 e. The van der Waals surface area contributed by atoms with Crippen molar-refractivity contribution in [3.8, 4) is 0 Å². The molecule has 0 bridgehead atoms. The van der Waals surface area contributed by atoms with E-state index in [1.165, 1.54) is 0 Å². The molecule has 4 heavy (non-hydrogen) atoms. The predicted molar refractivity (Wildman–Crippen MR) is 7.98 cm³/mol. The van der Waals surface area contributed by atoms with Crippen LogP contribution in [0.25, 0.3) is 0 Å². The van der Waals surface area contributed by atoms with Crippen molar-refractivity contribution in [1.29, 1.82) is 0 Å². The first kappa shape index (κ1) is 33.2. The summed E-state index contributed by atoms with van der Waals surface area (Å²) in [6.45, 7) is 0. The van der Waals surface area contributed by atoms with Gasteiger partial charge in [0.1, 0.15) is 0 Å². The minimum atomic E-state index is 0. The molecule has 0 aliphatic heterocycles. The summed E-state index contributed by atoms with van der Waals surface area (Å²) in [7, 11) is 0. The minimum Gasteiger partial charge on any atom is -1.00 e. The monoisotopic (exact) mass is 193 g/mol. The van der Waals surface area contributed by atoms with Crippen LogP contribution in [0.15, 0.2) is 0 Å². The summed E-state index contributed by atoms with van der Waals surface area (Å²) in [6.07, 6.45) is 0. The molecule has 0 saturated heterocycles. The van der Waals surface area contributed by atoms with E-state index in [4.69, 9.17) is 0 Å². The third-order valence-electron chi connectivity index (χ3n) is 0. The molecule has 1 radical (unpaired) electrons. The van der Waals surface area contributed by atoms with Gasteiger partial charge in [-0.3, -0.25) is 0 Å². The molecule has 27 valence electrons. The molecule has 0 fully saturated rings. The van der Waals surface area contributed by atoms with Crippen LogP contribution in [0.5, 0.6) is 0 Å². The van der Waals surface area contributed by atoms with Gasteiger partial charge >= 0.3 is 23.1 Å². The van der Waals surface area contributed by atoms with E-state index in [1.54, 1.807) is 0 Å².